The van der Waals surface area contributed by atoms with Crippen molar-refractivity contribution in [1.29, 1.82) is 0 Å². The van der Waals surface area contributed by atoms with Crippen LogP contribution in [0.1, 0.15) is 61.4 Å². The van der Waals surface area contributed by atoms with Gasteiger partial charge in [-0.1, -0.05) is 12.8 Å². The summed E-state index contributed by atoms with van der Waals surface area (Å²) in [4.78, 5) is 14.1. The molecule has 4 atom stereocenters. The minimum Gasteiger partial charge on any atom is -0.348 e. The summed E-state index contributed by atoms with van der Waals surface area (Å²) in [6.45, 7) is 0. The number of nitrogens with one attached hydrogen (secondary N) is 2. The highest BCUT2D eigenvalue weighted by Crippen LogP contribution is 2.35. The van der Waals surface area contributed by atoms with Crippen molar-refractivity contribution < 1.29 is 4.79 Å². The number of hydrogen-bond donors (Lipinski definition) is 2. The molecule has 3 nitrogen and oxygen atoms in total. The molecule has 2 fully saturated rings. The summed E-state index contributed by atoms with van der Waals surface area (Å²) in [5.41, 5.74) is 1.37. The quantitative estimate of drug-likeness (QED) is 0.881. The summed E-state index contributed by atoms with van der Waals surface area (Å²) < 4.78 is 0. The van der Waals surface area contributed by atoms with Gasteiger partial charge in [-0.2, -0.15) is 0 Å². The van der Waals surface area contributed by atoms with E-state index in [1.165, 1.54) is 49.0 Å². The highest BCUT2D eigenvalue weighted by molar-refractivity contribution is 7.10. The molecule has 114 valence electrons. The van der Waals surface area contributed by atoms with Crippen LogP contribution in [0.2, 0.25) is 0 Å². The summed E-state index contributed by atoms with van der Waals surface area (Å²) in [6.07, 6.45) is 9.75. The maximum absolute atomic E-state index is 12.6. The number of amides is 1. The molecule has 4 rings (SSSR count). The van der Waals surface area contributed by atoms with Crippen LogP contribution in [0.5, 0.6) is 0 Å². The lowest BCUT2D eigenvalue weighted by atomic mass is 9.85. The van der Waals surface area contributed by atoms with E-state index in [0.29, 0.717) is 6.04 Å². The van der Waals surface area contributed by atoms with Gasteiger partial charge in [0.15, 0.2) is 0 Å². The Bertz CT molecular complexity index is 513. The third-order valence-corrected chi connectivity index (χ3v) is 6.54. The van der Waals surface area contributed by atoms with Crippen LogP contribution in [0.4, 0.5) is 0 Å². The molecule has 0 radical (unpaired) electrons. The number of hydrogen-bond acceptors (Lipinski definition) is 3. The average Bonchev–Trinajstić information content (AvgIpc) is 3.14. The van der Waals surface area contributed by atoms with Gasteiger partial charge in [0, 0.05) is 10.9 Å². The zero-order valence-electron chi connectivity index (χ0n) is 12.4. The highest BCUT2D eigenvalue weighted by Gasteiger charge is 2.38. The molecule has 1 aliphatic heterocycles. The van der Waals surface area contributed by atoms with Crippen molar-refractivity contribution >= 4 is 17.2 Å². The first-order chi connectivity index (χ1) is 10.3. The van der Waals surface area contributed by atoms with Crippen molar-refractivity contribution in [2.45, 2.75) is 69.5 Å². The lowest BCUT2D eigenvalue weighted by molar-refractivity contribution is -0.123. The second-order valence-corrected chi connectivity index (χ2v) is 7.86. The van der Waals surface area contributed by atoms with Gasteiger partial charge >= 0.3 is 0 Å². The van der Waals surface area contributed by atoms with Crippen molar-refractivity contribution in [1.82, 2.24) is 10.6 Å². The van der Waals surface area contributed by atoms with Gasteiger partial charge < -0.3 is 10.6 Å². The minimum atomic E-state index is 0.0436. The van der Waals surface area contributed by atoms with Crippen molar-refractivity contribution in [2.75, 3.05) is 0 Å². The Balaban J connectivity index is 1.41. The number of thiophene rings is 1. The van der Waals surface area contributed by atoms with E-state index in [2.05, 4.69) is 22.1 Å². The van der Waals surface area contributed by atoms with Gasteiger partial charge in [0.2, 0.25) is 5.91 Å². The fourth-order valence-corrected chi connectivity index (χ4v) is 5.42. The first kappa shape index (κ1) is 13.8. The van der Waals surface area contributed by atoms with Crippen LogP contribution in [-0.2, 0) is 11.2 Å². The number of carbonyl (C=O) groups is 1. The topological polar surface area (TPSA) is 41.1 Å². The molecule has 0 bridgehead atoms. The Hall–Kier alpha value is -0.870. The molecule has 1 amide bonds. The maximum atomic E-state index is 12.6. The molecule has 21 heavy (non-hydrogen) atoms. The normalized spacial score (nSPS) is 35.0. The molecule has 1 aromatic rings. The summed E-state index contributed by atoms with van der Waals surface area (Å²) in [6, 6.07) is 3.09. The van der Waals surface area contributed by atoms with Crippen molar-refractivity contribution in [2.24, 2.45) is 5.92 Å². The van der Waals surface area contributed by atoms with E-state index >= 15 is 0 Å². The van der Waals surface area contributed by atoms with Crippen LogP contribution in [0, 0.1) is 5.92 Å². The average molecular weight is 304 g/mol. The molecule has 2 N–H and O–H groups in total. The Morgan fingerprint density at radius 2 is 2.14 bits per heavy atom. The summed E-state index contributed by atoms with van der Waals surface area (Å²) >= 11 is 1.84. The number of carbonyl (C=O) groups excluding carboxylic acids is 1. The standard InChI is InChI=1S/C17H24N2OS/c20-17(15-10-11-4-1-2-5-13(11)18-15)19-14-6-3-7-16-12(14)8-9-21-16/h8-9,11,13-15,18H,1-7,10H2,(H,19,20). The van der Waals surface area contributed by atoms with Crippen LogP contribution >= 0.6 is 11.3 Å². The molecule has 4 heteroatoms. The molecular formula is C17H24N2OS. The van der Waals surface area contributed by atoms with Crippen LogP contribution in [0.15, 0.2) is 11.4 Å². The van der Waals surface area contributed by atoms with E-state index in [4.69, 9.17) is 0 Å². The third kappa shape index (κ3) is 2.64. The SMILES string of the molecule is O=C(NC1CCCc2sccc21)C1CC2CCCCC2N1. The predicted molar refractivity (Wildman–Crippen MR) is 85.4 cm³/mol. The van der Waals surface area contributed by atoms with Crippen LogP contribution in [0.3, 0.4) is 0 Å². The van der Waals surface area contributed by atoms with Crippen molar-refractivity contribution in [3.8, 4) is 0 Å². The molecular weight excluding hydrogens is 280 g/mol. The van der Waals surface area contributed by atoms with Gasteiger partial charge in [-0.15, -0.1) is 11.3 Å². The Morgan fingerprint density at radius 3 is 3.05 bits per heavy atom. The second kappa shape index (κ2) is 5.73. The first-order valence-electron chi connectivity index (χ1n) is 8.44. The maximum Gasteiger partial charge on any atom is 0.237 e. The van der Waals surface area contributed by atoms with Crippen molar-refractivity contribution in [3.63, 3.8) is 0 Å². The molecule has 0 aromatic carbocycles. The summed E-state index contributed by atoms with van der Waals surface area (Å²) in [7, 11) is 0. The number of fused-ring (bicyclic) bond motifs is 2. The Morgan fingerprint density at radius 1 is 1.24 bits per heavy atom. The van der Waals surface area contributed by atoms with Gasteiger partial charge in [-0.3, -0.25) is 4.79 Å². The molecule has 0 spiro atoms. The molecule has 1 saturated heterocycles. The zero-order valence-corrected chi connectivity index (χ0v) is 13.3. The molecule has 4 unspecified atom stereocenters. The van der Waals surface area contributed by atoms with Crippen LogP contribution in [-0.4, -0.2) is 18.0 Å². The van der Waals surface area contributed by atoms with Gasteiger partial charge in [0.25, 0.3) is 0 Å². The summed E-state index contributed by atoms with van der Waals surface area (Å²) in [5, 5.41) is 9.07. The number of rotatable bonds is 2. The van der Waals surface area contributed by atoms with Gasteiger partial charge in [-0.05, 0) is 61.5 Å². The van der Waals surface area contributed by atoms with Gasteiger partial charge in [0.1, 0.15) is 0 Å². The third-order valence-electron chi connectivity index (χ3n) is 5.55. The second-order valence-electron chi connectivity index (χ2n) is 6.86. The fourth-order valence-electron chi connectivity index (χ4n) is 4.43. The van der Waals surface area contributed by atoms with Gasteiger partial charge in [0.05, 0.1) is 12.1 Å². The van der Waals surface area contributed by atoms with Gasteiger partial charge in [-0.25, -0.2) is 0 Å². The number of aryl methyl sites for hydroxylation is 1. The zero-order chi connectivity index (χ0) is 14.2. The molecule has 1 saturated carbocycles. The van der Waals surface area contributed by atoms with E-state index in [1.807, 2.05) is 11.3 Å². The lowest BCUT2D eigenvalue weighted by Gasteiger charge is -2.25. The van der Waals surface area contributed by atoms with Crippen LogP contribution in [0.25, 0.3) is 0 Å². The fraction of sp³-hybridized carbons (Fsp3) is 0.706. The smallest absolute Gasteiger partial charge is 0.237 e. The highest BCUT2D eigenvalue weighted by atomic mass is 32.1. The molecule has 2 aliphatic carbocycles. The van der Waals surface area contributed by atoms with Crippen LogP contribution < -0.4 is 10.6 Å². The van der Waals surface area contributed by atoms with E-state index < -0.39 is 0 Å². The van der Waals surface area contributed by atoms with E-state index in [1.54, 1.807) is 0 Å². The Kier molecular flexibility index (Phi) is 3.76. The largest absolute Gasteiger partial charge is 0.348 e. The predicted octanol–water partition coefficient (Wildman–Crippen LogP) is 3.16. The monoisotopic (exact) mass is 304 g/mol. The molecule has 1 aromatic heterocycles. The van der Waals surface area contributed by atoms with E-state index in [-0.39, 0.29) is 18.0 Å². The van der Waals surface area contributed by atoms with Crippen molar-refractivity contribution in [3.05, 3.63) is 21.9 Å². The first-order valence-corrected chi connectivity index (χ1v) is 9.32. The lowest BCUT2D eigenvalue weighted by Crippen LogP contribution is -2.44. The Labute approximate surface area is 130 Å². The van der Waals surface area contributed by atoms with E-state index in [0.717, 1.165) is 18.8 Å². The molecule has 3 aliphatic rings. The minimum absolute atomic E-state index is 0.0436. The summed E-state index contributed by atoms with van der Waals surface area (Å²) in [5.74, 6) is 0.964. The molecule has 2 heterocycles. The van der Waals surface area contributed by atoms with E-state index in [9.17, 15) is 4.79 Å².